The lowest BCUT2D eigenvalue weighted by molar-refractivity contribution is -0.384. The number of rotatable bonds is 2. The van der Waals surface area contributed by atoms with E-state index in [0.717, 1.165) is 23.3 Å². The molecule has 0 atom stereocenters. The van der Waals surface area contributed by atoms with Crippen LogP contribution in [0.1, 0.15) is 44.1 Å². The van der Waals surface area contributed by atoms with E-state index >= 15 is 0 Å². The number of nitrogen functional groups attached to an aromatic ring is 1. The second-order valence-corrected chi connectivity index (χ2v) is 7.23. The molecule has 106 valence electrons. The van der Waals surface area contributed by atoms with Crippen LogP contribution in [0.15, 0.2) is 18.2 Å². The molecular formula is C16H20N2O2. The van der Waals surface area contributed by atoms with Crippen molar-refractivity contribution in [1.82, 2.24) is 0 Å². The van der Waals surface area contributed by atoms with Crippen LogP contribution >= 0.6 is 0 Å². The minimum Gasteiger partial charge on any atom is -0.393 e. The number of hydrogen-bond acceptors (Lipinski definition) is 3. The molecule has 2 N–H and O–H groups in total. The lowest BCUT2D eigenvalue weighted by Crippen LogP contribution is -2.48. The number of benzene rings is 1. The fourth-order valence-electron chi connectivity index (χ4n) is 5.50. The zero-order valence-electron chi connectivity index (χ0n) is 11.5. The third-order valence-electron chi connectivity index (χ3n) is 5.88. The standard InChI is InChI=1S/C16H20N2O2/c17-14-2-1-13(6-15(14)18(19)20)16-7-10-3-11(8-16)5-12(4-10)9-16/h1-2,6,10-12H,3-5,7-9,17H2. The van der Waals surface area contributed by atoms with Crippen molar-refractivity contribution >= 4 is 11.4 Å². The molecule has 0 radical (unpaired) electrons. The van der Waals surface area contributed by atoms with E-state index in [4.69, 9.17) is 5.73 Å². The first-order chi connectivity index (χ1) is 9.56. The van der Waals surface area contributed by atoms with E-state index in [1.54, 1.807) is 12.1 Å². The Kier molecular flexibility index (Phi) is 2.41. The van der Waals surface area contributed by atoms with E-state index in [-0.39, 0.29) is 21.7 Å². The van der Waals surface area contributed by atoms with Crippen LogP contribution in [0.4, 0.5) is 11.4 Å². The number of hydrogen-bond donors (Lipinski definition) is 1. The van der Waals surface area contributed by atoms with Crippen LogP contribution in [0.2, 0.25) is 0 Å². The summed E-state index contributed by atoms with van der Waals surface area (Å²) in [5.74, 6) is 2.54. The molecule has 4 bridgehead atoms. The van der Waals surface area contributed by atoms with E-state index in [9.17, 15) is 10.1 Å². The molecule has 0 unspecified atom stereocenters. The number of nitro benzene ring substituents is 1. The van der Waals surface area contributed by atoms with Crippen LogP contribution in [0, 0.1) is 27.9 Å². The van der Waals surface area contributed by atoms with Crippen molar-refractivity contribution in [2.75, 3.05) is 5.73 Å². The van der Waals surface area contributed by atoms with Crippen LogP contribution in [0.25, 0.3) is 0 Å². The Hall–Kier alpha value is -1.58. The topological polar surface area (TPSA) is 69.2 Å². The predicted molar refractivity (Wildman–Crippen MR) is 77.4 cm³/mol. The van der Waals surface area contributed by atoms with Gasteiger partial charge in [0.1, 0.15) is 5.69 Å². The molecule has 4 nitrogen and oxygen atoms in total. The molecule has 1 aromatic rings. The molecule has 4 saturated carbocycles. The van der Waals surface area contributed by atoms with Gasteiger partial charge < -0.3 is 5.73 Å². The summed E-state index contributed by atoms with van der Waals surface area (Å²) in [6, 6.07) is 5.52. The Labute approximate surface area is 118 Å². The Morgan fingerprint density at radius 3 is 2.15 bits per heavy atom. The van der Waals surface area contributed by atoms with Gasteiger partial charge in [-0.2, -0.15) is 0 Å². The molecule has 0 saturated heterocycles. The van der Waals surface area contributed by atoms with Crippen LogP contribution in [-0.2, 0) is 5.41 Å². The summed E-state index contributed by atoms with van der Waals surface area (Å²) in [6.45, 7) is 0. The van der Waals surface area contributed by atoms with E-state index in [0.29, 0.717) is 0 Å². The number of nitro groups is 1. The maximum atomic E-state index is 11.1. The zero-order chi connectivity index (χ0) is 13.9. The summed E-state index contributed by atoms with van der Waals surface area (Å²) in [5.41, 5.74) is 7.47. The molecule has 0 spiro atoms. The van der Waals surface area contributed by atoms with Gasteiger partial charge >= 0.3 is 0 Å². The quantitative estimate of drug-likeness (QED) is 0.507. The van der Waals surface area contributed by atoms with E-state index in [1.807, 2.05) is 6.07 Å². The van der Waals surface area contributed by atoms with Crippen LogP contribution in [0.5, 0.6) is 0 Å². The molecular weight excluding hydrogens is 252 g/mol. The highest BCUT2D eigenvalue weighted by molar-refractivity contribution is 5.60. The molecule has 5 rings (SSSR count). The summed E-state index contributed by atoms with van der Waals surface area (Å²) in [6.07, 6.45) is 7.82. The van der Waals surface area contributed by atoms with Crippen LogP contribution in [0.3, 0.4) is 0 Å². The molecule has 0 aliphatic heterocycles. The summed E-state index contributed by atoms with van der Waals surface area (Å²) in [7, 11) is 0. The van der Waals surface area contributed by atoms with Crippen molar-refractivity contribution in [3.05, 3.63) is 33.9 Å². The maximum Gasteiger partial charge on any atom is 0.292 e. The Morgan fingerprint density at radius 1 is 1.10 bits per heavy atom. The van der Waals surface area contributed by atoms with Crippen molar-refractivity contribution in [3.63, 3.8) is 0 Å². The SMILES string of the molecule is Nc1ccc(C23CC4CC(CC(C4)C2)C3)cc1[N+](=O)[O-]. The minimum atomic E-state index is -0.348. The highest BCUT2D eigenvalue weighted by Crippen LogP contribution is 2.61. The fraction of sp³-hybridized carbons (Fsp3) is 0.625. The molecule has 4 fully saturated rings. The summed E-state index contributed by atoms with van der Waals surface area (Å²) >= 11 is 0. The number of nitrogens with two attached hydrogens (primary N) is 1. The molecule has 4 heteroatoms. The highest BCUT2D eigenvalue weighted by atomic mass is 16.6. The molecule has 20 heavy (non-hydrogen) atoms. The van der Waals surface area contributed by atoms with Gasteiger partial charge in [-0.25, -0.2) is 0 Å². The molecule has 4 aliphatic rings. The largest absolute Gasteiger partial charge is 0.393 e. The first kappa shape index (κ1) is 12.2. The highest BCUT2D eigenvalue weighted by Gasteiger charge is 2.51. The van der Waals surface area contributed by atoms with Gasteiger partial charge in [-0.1, -0.05) is 6.07 Å². The normalized spacial score (nSPS) is 38.1. The Bertz CT molecular complexity index is 547. The zero-order valence-corrected chi connectivity index (χ0v) is 11.5. The molecule has 0 heterocycles. The fourth-order valence-corrected chi connectivity index (χ4v) is 5.50. The summed E-state index contributed by atoms with van der Waals surface area (Å²) < 4.78 is 0. The second-order valence-electron chi connectivity index (χ2n) is 7.23. The number of nitrogens with zero attached hydrogens (tertiary/aromatic N) is 1. The minimum absolute atomic E-state index is 0.0817. The smallest absolute Gasteiger partial charge is 0.292 e. The Morgan fingerprint density at radius 2 is 1.65 bits per heavy atom. The van der Waals surface area contributed by atoms with Gasteiger partial charge in [0.05, 0.1) is 4.92 Å². The maximum absolute atomic E-state index is 11.1. The molecule has 0 amide bonds. The van der Waals surface area contributed by atoms with Gasteiger partial charge in [0.2, 0.25) is 0 Å². The molecule has 4 aliphatic carbocycles. The van der Waals surface area contributed by atoms with Gasteiger partial charge in [-0.05, 0) is 73.3 Å². The van der Waals surface area contributed by atoms with E-state index < -0.39 is 0 Å². The first-order valence-electron chi connectivity index (χ1n) is 7.60. The average Bonchev–Trinajstić information content (AvgIpc) is 2.37. The van der Waals surface area contributed by atoms with Crippen molar-refractivity contribution in [2.45, 2.75) is 43.9 Å². The van der Waals surface area contributed by atoms with Gasteiger partial charge in [0.15, 0.2) is 0 Å². The number of anilines is 1. The van der Waals surface area contributed by atoms with Gasteiger partial charge in [0.25, 0.3) is 5.69 Å². The average molecular weight is 272 g/mol. The third kappa shape index (κ3) is 1.67. The first-order valence-corrected chi connectivity index (χ1v) is 7.60. The van der Waals surface area contributed by atoms with Gasteiger partial charge in [-0.3, -0.25) is 10.1 Å². The predicted octanol–water partition coefficient (Wildman–Crippen LogP) is 3.64. The van der Waals surface area contributed by atoms with Crippen molar-refractivity contribution in [1.29, 1.82) is 0 Å². The van der Waals surface area contributed by atoms with E-state index in [2.05, 4.69) is 0 Å². The Balaban J connectivity index is 1.77. The third-order valence-corrected chi connectivity index (χ3v) is 5.88. The monoisotopic (exact) mass is 272 g/mol. The van der Waals surface area contributed by atoms with Crippen molar-refractivity contribution in [3.8, 4) is 0 Å². The van der Waals surface area contributed by atoms with E-state index in [1.165, 1.54) is 38.5 Å². The van der Waals surface area contributed by atoms with Gasteiger partial charge in [-0.15, -0.1) is 0 Å². The van der Waals surface area contributed by atoms with Gasteiger partial charge in [0, 0.05) is 6.07 Å². The lowest BCUT2D eigenvalue weighted by atomic mass is 9.48. The van der Waals surface area contributed by atoms with Crippen molar-refractivity contribution < 1.29 is 4.92 Å². The van der Waals surface area contributed by atoms with Crippen LogP contribution in [-0.4, -0.2) is 4.92 Å². The second kappa shape index (κ2) is 3.96. The lowest BCUT2D eigenvalue weighted by Gasteiger charge is -2.57. The van der Waals surface area contributed by atoms with Crippen molar-refractivity contribution in [2.24, 2.45) is 17.8 Å². The molecule has 0 aromatic heterocycles. The van der Waals surface area contributed by atoms with Crippen LogP contribution < -0.4 is 5.73 Å². The molecule has 1 aromatic carbocycles. The summed E-state index contributed by atoms with van der Waals surface area (Å²) in [5, 5.41) is 11.1. The summed E-state index contributed by atoms with van der Waals surface area (Å²) in [4.78, 5) is 10.8.